The van der Waals surface area contributed by atoms with Crippen molar-refractivity contribution in [2.45, 2.75) is 18.9 Å². The van der Waals surface area contributed by atoms with Crippen LogP contribution in [-0.2, 0) is 20.9 Å². The van der Waals surface area contributed by atoms with Gasteiger partial charge in [-0.3, -0.25) is 9.59 Å². The molecule has 0 radical (unpaired) electrons. The van der Waals surface area contributed by atoms with E-state index in [1.165, 1.54) is 26.4 Å². The molecule has 2 rings (SSSR count). The van der Waals surface area contributed by atoms with Crippen LogP contribution in [0.5, 0.6) is 5.75 Å². The van der Waals surface area contributed by atoms with E-state index < -0.39 is 28.9 Å². The average Bonchev–Trinajstić information content (AvgIpc) is 2.57. The van der Waals surface area contributed by atoms with Gasteiger partial charge in [0.15, 0.2) is 5.76 Å². The van der Waals surface area contributed by atoms with Crippen molar-refractivity contribution in [1.29, 1.82) is 0 Å². The zero-order chi connectivity index (χ0) is 18.6. The van der Waals surface area contributed by atoms with Gasteiger partial charge in [0.1, 0.15) is 18.2 Å². The molecular weight excluding hydrogens is 355 g/mol. The molecule has 1 aromatic carbocycles. The first-order chi connectivity index (χ1) is 11.9. The monoisotopic (exact) mass is 370 g/mol. The van der Waals surface area contributed by atoms with Crippen LogP contribution in [-0.4, -0.2) is 25.3 Å². The fourth-order valence-electron chi connectivity index (χ4n) is 2.42. The molecule has 0 aliphatic rings. The lowest BCUT2D eigenvalue weighted by molar-refractivity contribution is -0.140. The lowest BCUT2D eigenvalue weighted by atomic mass is 9.91. The first kappa shape index (κ1) is 19.0. The van der Waals surface area contributed by atoms with E-state index in [9.17, 15) is 19.1 Å². The molecule has 1 atom stereocenters. The van der Waals surface area contributed by atoms with Crippen molar-refractivity contribution in [3.8, 4) is 5.75 Å². The summed E-state index contributed by atoms with van der Waals surface area (Å²) in [6.45, 7) is -0.0432. The van der Waals surface area contributed by atoms with E-state index in [2.05, 4.69) is 4.74 Å². The topological polar surface area (TPSA) is 86.0 Å². The predicted molar refractivity (Wildman–Crippen MR) is 87.2 cm³/mol. The molecule has 25 heavy (non-hydrogen) atoms. The molecule has 0 bridgehead atoms. The molecule has 0 spiro atoms. The predicted octanol–water partition coefficient (Wildman–Crippen LogP) is 2.98. The number of aromatic hydroxyl groups is 1. The summed E-state index contributed by atoms with van der Waals surface area (Å²) in [6.07, 6.45) is -0.385. The summed E-state index contributed by atoms with van der Waals surface area (Å²) in [7, 11) is 2.56. The SMILES string of the molecule is COCc1cc(=O)c(O)c([C@H](CC(=O)OC)c2c(F)cccc2Cl)o1. The molecule has 134 valence electrons. The summed E-state index contributed by atoms with van der Waals surface area (Å²) in [5, 5.41) is 10.1. The van der Waals surface area contributed by atoms with E-state index in [1.807, 2.05) is 0 Å². The molecule has 0 fully saturated rings. The van der Waals surface area contributed by atoms with E-state index in [0.717, 1.165) is 12.1 Å². The number of ether oxygens (including phenoxy) is 2. The molecule has 0 aliphatic carbocycles. The maximum absolute atomic E-state index is 14.4. The van der Waals surface area contributed by atoms with Crippen LogP contribution in [0.2, 0.25) is 5.02 Å². The quantitative estimate of drug-likeness (QED) is 0.787. The number of rotatable bonds is 6. The van der Waals surface area contributed by atoms with Gasteiger partial charge in [-0.05, 0) is 12.1 Å². The minimum absolute atomic E-state index is 0.0214. The Morgan fingerprint density at radius 3 is 2.72 bits per heavy atom. The third-order valence-electron chi connectivity index (χ3n) is 3.55. The Morgan fingerprint density at radius 2 is 2.12 bits per heavy atom. The molecule has 0 amide bonds. The molecule has 0 saturated carbocycles. The average molecular weight is 371 g/mol. The Kier molecular flexibility index (Phi) is 6.17. The minimum Gasteiger partial charge on any atom is -0.502 e. The summed E-state index contributed by atoms with van der Waals surface area (Å²) >= 11 is 6.08. The van der Waals surface area contributed by atoms with Gasteiger partial charge in [0.05, 0.1) is 19.4 Å². The number of benzene rings is 1. The van der Waals surface area contributed by atoms with Crippen molar-refractivity contribution in [1.82, 2.24) is 0 Å². The molecule has 1 heterocycles. The van der Waals surface area contributed by atoms with Gasteiger partial charge >= 0.3 is 5.97 Å². The third kappa shape index (κ3) is 4.18. The third-order valence-corrected chi connectivity index (χ3v) is 3.88. The van der Waals surface area contributed by atoms with Crippen LogP contribution in [0.3, 0.4) is 0 Å². The normalized spacial score (nSPS) is 12.0. The van der Waals surface area contributed by atoms with Crippen LogP contribution in [0.15, 0.2) is 33.5 Å². The summed E-state index contributed by atoms with van der Waals surface area (Å²) in [5.74, 6) is -3.44. The summed E-state index contributed by atoms with van der Waals surface area (Å²) in [4.78, 5) is 23.8. The number of methoxy groups -OCH3 is 2. The molecule has 0 unspecified atom stereocenters. The molecule has 1 N–H and O–H groups in total. The van der Waals surface area contributed by atoms with E-state index in [1.54, 1.807) is 0 Å². The summed E-state index contributed by atoms with van der Waals surface area (Å²) < 4.78 is 29.4. The fourth-order valence-corrected chi connectivity index (χ4v) is 2.72. The maximum Gasteiger partial charge on any atom is 0.306 e. The Balaban J connectivity index is 2.68. The van der Waals surface area contributed by atoms with E-state index >= 15 is 0 Å². The Morgan fingerprint density at radius 1 is 1.40 bits per heavy atom. The second-order valence-corrected chi connectivity index (χ2v) is 5.60. The largest absolute Gasteiger partial charge is 0.502 e. The molecule has 0 aliphatic heterocycles. The first-order valence-corrected chi connectivity index (χ1v) is 7.62. The van der Waals surface area contributed by atoms with E-state index in [0.29, 0.717) is 0 Å². The van der Waals surface area contributed by atoms with Gasteiger partial charge < -0.3 is 19.0 Å². The second-order valence-electron chi connectivity index (χ2n) is 5.19. The molecule has 2 aromatic rings. The van der Waals surface area contributed by atoms with Crippen molar-refractivity contribution >= 4 is 17.6 Å². The van der Waals surface area contributed by atoms with Gasteiger partial charge in [0.25, 0.3) is 0 Å². The van der Waals surface area contributed by atoms with Gasteiger partial charge in [-0.1, -0.05) is 17.7 Å². The van der Waals surface area contributed by atoms with Gasteiger partial charge in [0.2, 0.25) is 11.2 Å². The highest BCUT2D eigenvalue weighted by Gasteiger charge is 2.30. The number of hydrogen-bond donors (Lipinski definition) is 1. The van der Waals surface area contributed by atoms with Gasteiger partial charge in [0, 0.05) is 23.8 Å². The van der Waals surface area contributed by atoms with Crippen molar-refractivity contribution in [3.05, 3.63) is 62.4 Å². The highest BCUT2D eigenvalue weighted by molar-refractivity contribution is 6.31. The standard InChI is InChI=1S/C17H16ClFO6/c1-23-8-9-6-13(20)16(22)17(25-9)10(7-14(21)24-2)15-11(18)4-3-5-12(15)19/h3-6,10,22H,7-8H2,1-2H3/t10-/m1/s1. The Labute approximate surface area is 147 Å². The van der Waals surface area contributed by atoms with E-state index in [-0.39, 0.29) is 35.1 Å². The Hall–Kier alpha value is -2.38. The highest BCUT2D eigenvalue weighted by atomic mass is 35.5. The van der Waals surface area contributed by atoms with Gasteiger partial charge in [-0.2, -0.15) is 0 Å². The summed E-state index contributed by atoms with van der Waals surface area (Å²) in [5.41, 5.74) is -0.821. The highest BCUT2D eigenvalue weighted by Crippen LogP contribution is 2.38. The first-order valence-electron chi connectivity index (χ1n) is 7.24. The van der Waals surface area contributed by atoms with Crippen LogP contribution < -0.4 is 5.43 Å². The fraction of sp³-hybridized carbons (Fsp3) is 0.294. The minimum atomic E-state index is -1.15. The number of carbonyl (C=O) groups excluding carboxylic acids is 1. The van der Waals surface area contributed by atoms with Gasteiger partial charge in [-0.15, -0.1) is 0 Å². The van der Waals surface area contributed by atoms with Crippen LogP contribution >= 0.6 is 11.6 Å². The smallest absolute Gasteiger partial charge is 0.306 e. The van der Waals surface area contributed by atoms with Crippen LogP contribution in [0.4, 0.5) is 4.39 Å². The van der Waals surface area contributed by atoms with Crippen LogP contribution in [0.1, 0.15) is 29.4 Å². The summed E-state index contributed by atoms with van der Waals surface area (Å²) in [6, 6.07) is 5.03. The maximum atomic E-state index is 14.4. The molecule has 1 aromatic heterocycles. The molecular formula is C17H16ClFO6. The zero-order valence-corrected chi connectivity index (χ0v) is 14.3. The molecule has 8 heteroatoms. The number of esters is 1. The second kappa shape index (κ2) is 8.13. The van der Waals surface area contributed by atoms with Crippen molar-refractivity contribution in [3.63, 3.8) is 0 Å². The number of carbonyl (C=O) groups is 1. The molecule has 0 saturated heterocycles. The van der Waals surface area contributed by atoms with E-state index in [4.69, 9.17) is 20.8 Å². The lowest BCUT2D eigenvalue weighted by Crippen LogP contribution is -2.15. The van der Waals surface area contributed by atoms with Crippen LogP contribution in [0.25, 0.3) is 0 Å². The molecule has 6 nitrogen and oxygen atoms in total. The zero-order valence-electron chi connectivity index (χ0n) is 13.5. The lowest BCUT2D eigenvalue weighted by Gasteiger charge is -2.19. The van der Waals surface area contributed by atoms with Crippen molar-refractivity contribution in [2.24, 2.45) is 0 Å². The Bertz CT molecular complexity index is 812. The van der Waals surface area contributed by atoms with Crippen molar-refractivity contribution < 1.29 is 28.2 Å². The van der Waals surface area contributed by atoms with Gasteiger partial charge in [-0.25, -0.2) is 4.39 Å². The number of hydrogen-bond acceptors (Lipinski definition) is 6. The van der Waals surface area contributed by atoms with Crippen molar-refractivity contribution in [2.75, 3.05) is 14.2 Å². The number of halogens is 2. The van der Waals surface area contributed by atoms with Crippen LogP contribution in [0, 0.1) is 5.82 Å².